The number of ether oxygens (including phenoxy) is 2. The minimum atomic E-state index is -3.47. The number of carbonyl (C=O) groups is 1. The maximum absolute atomic E-state index is 12.7. The van der Waals surface area contributed by atoms with Gasteiger partial charge in [-0.3, -0.25) is 4.79 Å². The van der Waals surface area contributed by atoms with Gasteiger partial charge in [0, 0.05) is 45.0 Å². The molecule has 10 heteroatoms. The van der Waals surface area contributed by atoms with Crippen LogP contribution in [0.25, 0.3) is 0 Å². The first-order valence-corrected chi connectivity index (χ1v) is 11.2. The van der Waals surface area contributed by atoms with Gasteiger partial charge in [0.15, 0.2) is 0 Å². The molecule has 9 nitrogen and oxygen atoms in total. The predicted octanol–water partition coefficient (Wildman–Crippen LogP) is 0.981. The molecule has 1 amide bonds. The number of hydrogen-bond donors (Lipinski definition) is 1. The molecule has 1 N–H and O–H groups in total. The molecule has 1 aliphatic rings. The molecule has 0 bridgehead atoms. The number of carbonyl (C=O) groups excluding carboxylic acids is 1. The summed E-state index contributed by atoms with van der Waals surface area (Å²) >= 11 is 0. The topological polar surface area (TPSA) is 101 Å². The average Bonchev–Trinajstić information content (AvgIpc) is 2.79. The first kappa shape index (κ1) is 21.8. The van der Waals surface area contributed by atoms with Crippen LogP contribution in [0.15, 0.2) is 42.6 Å². The Morgan fingerprint density at radius 1 is 1.10 bits per heavy atom. The van der Waals surface area contributed by atoms with Gasteiger partial charge in [-0.05, 0) is 24.3 Å². The minimum absolute atomic E-state index is 0.0107. The van der Waals surface area contributed by atoms with Crippen molar-refractivity contribution in [2.45, 2.75) is 0 Å². The van der Waals surface area contributed by atoms with E-state index in [1.807, 2.05) is 18.2 Å². The Balaban J connectivity index is 1.51. The van der Waals surface area contributed by atoms with Gasteiger partial charge >= 0.3 is 0 Å². The molecule has 0 spiro atoms. The summed E-state index contributed by atoms with van der Waals surface area (Å²) < 4.78 is 37.1. The van der Waals surface area contributed by atoms with E-state index in [9.17, 15) is 13.2 Å². The molecule has 30 heavy (non-hydrogen) atoms. The maximum atomic E-state index is 12.7. The third-order valence-corrected chi connectivity index (χ3v) is 6.78. The monoisotopic (exact) mass is 434 g/mol. The number of anilines is 1. The Bertz CT molecular complexity index is 960. The van der Waals surface area contributed by atoms with Gasteiger partial charge in [0.2, 0.25) is 10.0 Å². The van der Waals surface area contributed by atoms with Crippen molar-refractivity contribution in [3.8, 4) is 11.5 Å². The Kier molecular flexibility index (Phi) is 7.11. The highest BCUT2D eigenvalue weighted by Crippen LogP contribution is 2.24. The van der Waals surface area contributed by atoms with Crippen molar-refractivity contribution >= 4 is 21.7 Å². The molecule has 2 heterocycles. The number of benzene rings is 1. The van der Waals surface area contributed by atoms with E-state index in [-0.39, 0.29) is 12.3 Å². The van der Waals surface area contributed by atoms with Gasteiger partial charge in [0.25, 0.3) is 5.91 Å². The van der Waals surface area contributed by atoms with Crippen molar-refractivity contribution < 1.29 is 22.7 Å². The second kappa shape index (κ2) is 9.77. The summed E-state index contributed by atoms with van der Waals surface area (Å²) in [5, 5.41) is 2.65. The van der Waals surface area contributed by atoms with E-state index in [4.69, 9.17) is 9.47 Å². The molecule has 0 radical (unpaired) electrons. The number of amides is 1. The Morgan fingerprint density at radius 3 is 2.50 bits per heavy atom. The molecule has 3 rings (SSSR count). The van der Waals surface area contributed by atoms with Crippen molar-refractivity contribution in [1.29, 1.82) is 0 Å². The molecular weight excluding hydrogens is 408 g/mol. The van der Waals surface area contributed by atoms with Crippen LogP contribution in [0.4, 0.5) is 5.82 Å². The second-order valence-corrected chi connectivity index (χ2v) is 8.80. The van der Waals surface area contributed by atoms with Crippen molar-refractivity contribution in [3.63, 3.8) is 0 Å². The molecule has 2 aromatic rings. The van der Waals surface area contributed by atoms with Crippen molar-refractivity contribution in [3.05, 3.63) is 48.2 Å². The van der Waals surface area contributed by atoms with Gasteiger partial charge < -0.3 is 19.7 Å². The van der Waals surface area contributed by atoms with Crippen LogP contribution in [0.5, 0.6) is 11.5 Å². The van der Waals surface area contributed by atoms with Crippen LogP contribution >= 0.6 is 0 Å². The summed E-state index contributed by atoms with van der Waals surface area (Å²) in [5.41, 5.74) is 0.319. The van der Waals surface area contributed by atoms with E-state index in [0.29, 0.717) is 43.2 Å². The summed E-state index contributed by atoms with van der Waals surface area (Å²) in [6.07, 6.45) is 1.72. The highest BCUT2D eigenvalue weighted by molar-refractivity contribution is 7.89. The quantitative estimate of drug-likeness (QED) is 0.661. The molecule has 0 unspecified atom stereocenters. The number of pyridine rings is 1. The lowest BCUT2D eigenvalue weighted by Crippen LogP contribution is -2.50. The van der Waals surface area contributed by atoms with Gasteiger partial charge in [-0.1, -0.05) is 6.07 Å². The highest BCUT2D eigenvalue weighted by Gasteiger charge is 2.27. The predicted molar refractivity (Wildman–Crippen MR) is 114 cm³/mol. The SMILES string of the molecule is COc1ccc(C(=O)NCCS(=O)(=O)N2CCN(c3ccccn3)CC2)c(OC)c1. The van der Waals surface area contributed by atoms with E-state index in [2.05, 4.69) is 15.2 Å². The lowest BCUT2D eigenvalue weighted by atomic mass is 10.2. The van der Waals surface area contributed by atoms with Crippen molar-refractivity contribution in [2.75, 3.05) is 57.6 Å². The first-order chi connectivity index (χ1) is 14.4. The summed E-state index contributed by atoms with van der Waals surface area (Å²) in [4.78, 5) is 18.8. The summed E-state index contributed by atoms with van der Waals surface area (Å²) in [5.74, 6) is 1.21. The molecule has 162 valence electrons. The number of hydrogen-bond acceptors (Lipinski definition) is 7. The third kappa shape index (κ3) is 5.19. The smallest absolute Gasteiger partial charge is 0.255 e. The van der Waals surface area contributed by atoms with Gasteiger partial charge in [0.1, 0.15) is 17.3 Å². The molecule has 0 atom stereocenters. The molecular formula is C20H26N4O5S. The van der Waals surface area contributed by atoms with E-state index in [0.717, 1.165) is 5.82 Å². The molecule has 1 saturated heterocycles. The fourth-order valence-electron chi connectivity index (χ4n) is 3.24. The zero-order valence-electron chi connectivity index (χ0n) is 17.1. The first-order valence-electron chi connectivity index (χ1n) is 9.58. The van der Waals surface area contributed by atoms with E-state index >= 15 is 0 Å². The van der Waals surface area contributed by atoms with Crippen LogP contribution < -0.4 is 19.7 Å². The third-order valence-electron chi connectivity index (χ3n) is 4.90. The number of nitrogens with zero attached hydrogens (tertiary/aromatic N) is 3. The number of piperazine rings is 1. The van der Waals surface area contributed by atoms with Crippen LogP contribution in [0.2, 0.25) is 0 Å². The van der Waals surface area contributed by atoms with Gasteiger partial charge in [0.05, 0.1) is 25.5 Å². The summed E-state index contributed by atoms with van der Waals surface area (Å²) in [6, 6.07) is 10.5. The minimum Gasteiger partial charge on any atom is -0.497 e. The van der Waals surface area contributed by atoms with E-state index in [1.54, 1.807) is 24.4 Å². The largest absolute Gasteiger partial charge is 0.497 e. The Hall–Kier alpha value is -2.85. The average molecular weight is 435 g/mol. The van der Waals surface area contributed by atoms with E-state index in [1.165, 1.54) is 18.5 Å². The molecule has 0 aliphatic carbocycles. The van der Waals surface area contributed by atoms with Gasteiger partial charge in [-0.15, -0.1) is 0 Å². The normalized spacial score (nSPS) is 14.9. The maximum Gasteiger partial charge on any atom is 0.255 e. The van der Waals surface area contributed by atoms with Crippen LogP contribution in [-0.2, 0) is 10.0 Å². The summed E-state index contributed by atoms with van der Waals surface area (Å²) in [7, 11) is -0.491. The molecule has 1 aromatic carbocycles. The van der Waals surface area contributed by atoms with Crippen LogP contribution in [0, 0.1) is 0 Å². The number of rotatable bonds is 8. The zero-order valence-corrected chi connectivity index (χ0v) is 17.9. The van der Waals surface area contributed by atoms with Gasteiger partial charge in [-0.25, -0.2) is 13.4 Å². The summed E-state index contributed by atoms with van der Waals surface area (Å²) in [6.45, 7) is 1.94. The number of sulfonamides is 1. The fraction of sp³-hybridized carbons (Fsp3) is 0.400. The number of aromatic nitrogens is 1. The lowest BCUT2D eigenvalue weighted by molar-refractivity contribution is 0.0953. The van der Waals surface area contributed by atoms with Crippen molar-refractivity contribution in [2.24, 2.45) is 0 Å². The standard InChI is InChI=1S/C20H26N4O5S/c1-28-16-6-7-17(18(15-16)29-2)20(25)22-9-14-30(26,27)24-12-10-23(11-13-24)19-5-3-4-8-21-19/h3-8,15H,9-14H2,1-2H3,(H,22,25). The zero-order chi connectivity index (χ0) is 21.6. The van der Waals surface area contributed by atoms with E-state index < -0.39 is 15.9 Å². The Labute approximate surface area is 176 Å². The van der Waals surface area contributed by atoms with Crippen LogP contribution in [0.3, 0.4) is 0 Å². The van der Waals surface area contributed by atoms with Crippen LogP contribution in [-0.4, -0.2) is 76.3 Å². The fourth-order valence-corrected chi connectivity index (χ4v) is 4.58. The van der Waals surface area contributed by atoms with Crippen molar-refractivity contribution in [1.82, 2.24) is 14.6 Å². The number of methoxy groups -OCH3 is 2. The van der Waals surface area contributed by atoms with Gasteiger partial charge in [-0.2, -0.15) is 4.31 Å². The molecule has 1 aliphatic heterocycles. The highest BCUT2D eigenvalue weighted by atomic mass is 32.2. The van der Waals surface area contributed by atoms with Crippen LogP contribution in [0.1, 0.15) is 10.4 Å². The number of nitrogens with one attached hydrogen (secondary N) is 1. The Morgan fingerprint density at radius 2 is 1.87 bits per heavy atom. The molecule has 1 fully saturated rings. The molecule has 0 saturated carbocycles. The lowest BCUT2D eigenvalue weighted by Gasteiger charge is -2.34. The second-order valence-electron chi connectivity index (χ2n) is 6.71. The molecule has 1 aromatic heterocycles.